The molecule has 0 aliphatic carbocycles. The maximum absolute atomic E-state index is 11.5. The molecule has 0 spiro atoms. The van der Waals surface area contributed by atoms with Crippen LogP contribution in [0.3, 0.4) is 0 Å². The predicted molar refractivity (Wildman–Crippen MR) is 74.3 cm³/mol. The van der Waals surface area contributed by atoms with Crippen LogP contribution in [0.4, 0.5) is 0 Å². The van der Waals surface area contributed by atoms with E-state index in [4.69, 9.17) is 9.47 Å². The van der Waals surface area contributed by atoms with E-state index in [1.807, 2.05) is 31.2 Å². The van der Waals surface area contributed by atoms with Crippen LogP contribution in [0.15, 0.2) is 24.3 Å². The first-order chi connectivity index (χ1) is 9.19. The van der Waals surface area contributed by atoms with E-state index >= 15 is 0 Å². The Morgan fingerprint density at radius 1 is 1.32 bits per heavy atom. The van der Waals surface area contributed by atoms with Gasteiger partial charge in [0.2, 0.25) is 5.91 Å². The van der Waals surface area contributed by atoms with Gasteiger partial charge in [0.05, 0.1) is 20.3 Å². The quantitative estimate of drug-likeness (QED) is 0.692. The number of rotatable bonds is 8. The highest BCUT2D eigenvalue weighted by Gasteiger charge is 2.11. The molecule has 0 fully saturated rings. The standard InChI is InChI=1S/C14H22N2O3/c1-11(12-6-4-5-7-13(12)19-3)16-10-14(17)15-8-9-18-2/h4-7,11,16H,8-10H2,1-3H3,(H,15,17)/t11-/m1/s1. The molecular formula is C14H22N2O3. The second-order valence-electron chi connectivity index (χ2n) is 4.19. The minimum absolute atomic E-state index is 0.0428. The Bertz CT molecular complexity index is 396. The van der Waals surface area contributed by atoms with Crippen molar-refractivity contribution in [3.63, 3.8) is 0 Å². The molecule has 1 aromatic rings. The minimum atomic E-state index is -0.0428. The van der Waals surface area contributed by atoms with Crippen molar-refractivity contribution >= 4 is 5.91 Å². The number of benzene rings is 1. The summed E-state index contributed by atoms with van der Waals surface area (Å²) in [6.45, 7) is 3.32. The van der Waals surface area contributed by atoms with Crippen LogP contribution in [0.5, 0.6) is 5.75 Å². The zero-order chi connectivity index (χ0) is 14.1. The smallest absolute Gasteiger partial charge is 0.234 e. The third-order valence-electron chi connectivity index (χ3n) is 2.80. The van der Waals surface area contributed by atoms with Gasteiger partial charge in [-0.05, 0) is 13.0 Å². The molecule has 0 radical (unpaired) electrons. The highest BCUT2D eigenvalue weighted by atomic mass is 16.5. The Labute approximate surface area is 114 Å². The summed E-state index contributed by atoms with van der Waals surface area (Å²) in [5.74, 6) is 0.779. The van der Waals surface area contributed by atoms with Crippen LogP contribution in [0.25, 0.3) is 0 Å². The van der Waals surface area contributed by atoms with Crippen LogP contribution in [-0.4, -0.2) is 39.8 Å². The molecule has 106 valence electrons. The molecule has 0 aliphatic heterocycles. The van der Waals surface area contributed by atoms with Gasteiger partial charge in [-0.2, -0.15) is 0 Å². The summed E-state index contributed by atoms with van der Waals surface area (Å²) < 4.78 is 10.2. The van der Waals surface area contributed by atoms with Crippen molar-refractivity contribution in [3.05, 3.63) is 29.8 Å². The van der Waals surface area contributed by atoms with Crippen molar-refractivity contribution in [2.45, 2.75) is 13.0 Å². The molecular weight excluding hydrogens is 244 g/mol. The molecule has 0 heterocycles. The fraction of sp³-hybridized carbons (Fsp3) is 0.500. The van der Waals surface area contributed by atoms with Gasteiger partial charge in [-0.1, -0.05) is 18.2 Å². The van der Waals surface area contributed by atoms with E-state index in [9.17, 15) is 4.79 Å². The Morgan fingerprint density at radius 3 is 2.74 bits per heavy atom. The van der Waals surface area contributed by atoms with E-state index in [0.717, 1.165) is 11.3 Å². The molecule has 2 N–H and O–H groups in total. The summed E-state index contributed by atoms with van der Waals surface area (Å²) in [5.41, 5.74) is 1.04. The summed E-state index contributed by atoms with van der Waals surface area (Å²) in [6, 6.07) is 7.82. The molecule has 1 rings (SSSR count). The molecule has 0 aromatic heterocycles. The number of nitrogens with one attached hydrogen (secondary N) is 2. The second-order valence-corrected chi connectivity index (χ2v) is 4.19. The first-order valence-electron chi connectivity index (χ1n) is 6.31. The maximum Gasteiger partial charge on any atom is 0.234 e. The topological polar surface area (TPSA) is 59.6 Å². The summed E-state index contributed by atoms with van der Waals surface area (Å²) in [7, 11) is 3.25. The average molecular weight is 266 g/mol. The number of carbonyl (C=O) groups excluding carboxylic acids is 1. The van der Waals surface area contributed by atoms with E-state index < -0.39 is 0 Å². The van der Waals surface area contributed by atoms with E-state index in [1.165, 1.54) is 0 Å². The van der Waals surface area contributed by atoms with Gasteiger partial charge >= 0.3 is 0 Å². The number of carbonyl (C=O) groups is 1. The van der Waals surface area contributed by atoms with Gasteiger partial charge in [0.15, 0.2) is 0 Å². The van der Waals surface area contributed by atoms with Crippen LogP contribution < -0.4 is 15.4 Å². The molecule has 0 saturated carbocycles. The molecule has 0 saturated heterocycles. The number of para-hydroxylation sites is 1. The van der Waals surface area contributed by atoms with E-state index in [-0.39, 0.29) is 18.5 Å². The van der Waals surface area contributed by atoms with E-state index in [1.54, 1.807) is 14.2 Å². The highest BCUT2D eigenvalue weighted by molar-refractivity contribution is 5.78. The van der Waals surface area contributed by atoms with Crippen molar-refractivity contribution in [2.24, 2.45) is 0 Å². The summed E-state index contributed by atoms with van der Waals surface area (Å²) in [5, 5.41) is 5.93. The number of amides is 1. The monoisotopic (exact) mass is 266 g/mol. The van der Waals surface area contributed by atoms with Gasteiger partial charge in [0.1, 0.15) is 5.75 Å². The molecule has 0 aliphatic rings. The third-order valence-corrected chi connectivity index (χ3v) is 2.80. The molecule has 0 unspecified atom stereocenters. The zero-order valence-corrected chi connectivity index (χ0v) is 11.7. The lowest BCUT2D eigenvalue weighted by atomic mass is 10.1. The average Bonchev–Trinajstić information content (AvgIpc) is 2.45. The number of methoxy groups -OCH3 is 2. The third kappa shape index (κ3) is 5.28. The van der Waals surface area contributed by atoms with Crippen LogP contribution in [0, 0.1) is 0 Å². The Hall–Kier alpha value is -1.59. The molecule has 1 aromatic carbocycles. The van der Waals surface area contributed by atoms with Crippen molar-refractivity contribution < 1.29 is 14.3 Å². The summed E-state index contributed by atoms with van der Waals surface area (Å²) >= 11 is 0. The number of hydrogen-bond acceptors (Lipinski definition) is 4. The van der Waals surface area contributed by atoms with Gasteiger partial charge in [-0.25, -0.2) is 0 Å². The first kappa shape index (κ1) is 15.5. The summed E-state index contributed by atoms with van der Waals surface area (Å²) in [4.78, 5) is 11.5. The van der Waals surface area contributed by atoms with Gasteiger partial charge in [0, 0.05) is 25.3 Å². The van der Waals surface area contributed by atoms with Gasteiger partial charge < -0.3 is 20.1 Å². The molecule has 5 heteroatoms. The Balaban J connectivity index is 2.42. The SMILES string of the molecule is COCCNC(=O)CN[C@H](C)c1ccccc1OC. The normalized spacial score (nSPS) is 11.9. The lowest BCUT2D eigenvalue weighted by Crippen LogP contribution is -2.36. The molecule has 5 nitrogen and oxygen atoms in total. The lowest BCUT2D eigenvalue weighted by Gasteiger charge is -2.17. The second kappa shape index (κ2) is 8.50. The van der Waals surface area contributed by atoms with Crippen molar-refractivity contribution in [2.75, 3.05) is 33.9 Å². The maximum atomic E-state index is 11.5. The van der Waals surface area contributed by atoms with Crippen LogP contribution >= 0.6 is 0 Å². The van der Waals surface area contributed by atoms with Crippen molar-refractivity contribution in [1.29, 1.82) is 0 Å². The number of ether oxygens (including phenoxy) is 2. The van der Waals surface area contributed by atoms with E-state index in [0.29, 0.717) is 13.2 Å². The first-order valence-corrected chi connectivity index (χ1v) is 6.31. The van der Waals surface area contributed by atoms with Crippen LogP contribution in [-0.2, 0) is 9.53 Å². The molecule has 0 bridgehead atoms. The minimum Gasteiger partial charge on any atom is -0.496 e. The fourth-order valence-corrected chi connectivity index (χ4v) is 1.73. The highest BCUT2D eigenvalue weighted by Crippen LogP contribution is 2.23. The Morgan fingerprint density at radius 2 is 2.05 bits per heavy atom. The van der Waals surface area contributed by atoms with Gasteiger partial charge in [0.25, 0.3) is 0 Å². The Kier molecular flexibility index (Phi) is 6.92. The molecule has 1 atom stereocenters. The van der Waals surface area contributed by atoms with Crippen molar-refractivity contribution in [1.82, 2.24) is 10.6 Å². The van der Waals surface area contributed by atoms with Crippen LogP contribution in [0.2, 0.25) is 0 Å². The zero-order valence-electron chi connectivity index (χ0n) is 11.7. The predicted octanol–water partition coefficient (Wildman–Crippen LogP) is 1.11. The van der Waals surface area contributed by atoms with Gasteiger partial charge in [-0.15, -0.1) is 0 Å². The number of hydrogen-bond donors (Lipinski definition) is 2. The fourth-order valence-electron chi connectivity index (χ4n) is 1.73. The van der Waals surface area contributed by atoms with E-state index in [2.05, 4.69) is 10.6 Å². The van der Waals surface area contributed by atoms with Crippen LogP contribution in [0.1, 0.15) is 18.5 Å². The largest absolute Gasteiger partial charge is 0.496 e. The summed E-state index contributed by atoms with van der Waals surface area (Å²) in [6.07, 6.45) is 0. The van der Waals surface area contributed by atoms with Crippen molar-refractivity contribution in [3.8, 4) is 5.75 Å². The molecule has 19 heavy (non-hydrogen) atoms. The molecule has 1 amide bonds. The lowest BCUT2D eigenvalue weighted by molar-refractivity contribution is -0.120. The van der Waals surface area contributed by atoms with Gasteiger partial charge in [-0.3, -0.25) is 4.79 Å².